The van der Waals surface area contributed by atoms with E-state index in [2.05, 4.69) is 25.4 Å². The van der Waals surface area contributed by atoms with Gasteiger partial charge in [-0.1, -0.05) is 17.7 Å². The van der Waals surface area contributed by atoms with Crippen LogP contribution in [0.15, 0.2) is 12.1 Å². The van der Waals surface area contributed by atoms with Crippen molar-refractivity contribution in [3.05, 3.63) is 34.4 Å². The molecular formula is C37H36ClF3N8O3S. The van der Waals surface area contributed by atoms with Gasteiger partial charge in [0.1, 0.15) is 47.0 Å². The molecule has 2 aromatic carbocycles. The quantitative estimate of drug-likeness (QED) is 0.207. The summed E-state index contributed by atoms with van der Waals surface area (Å²) in [7, 11) is 0. The number of carbonyl (C=O) groups excluding carboxylic acids is 1. The van der Waals surface area contributed by atoms with Crippen molar-refractivity contribution in [1.29, 1.82) is 5.26 Å². The van der Waals surface area contributed by atoms with E-state index in [9.17, 15) is 14.4 Å². The zero-order valence-corrected chi connectivity index (χ0v) is 30.1. The van der Waals surface area contributed by atoms with Gasteiger partial charge in [-0.05, 0) is 56.2 Å². The van der Waals surface area contributed by atoms with Crippen molar-refractivity contribution in [3.63, 3.8) is 0 Å². The van der Waals surface area contributed by atoms with E-state index in [1.807, 2.05) is 6.07 Å². The maximum absolute atomic E-state index is 17.4. The Balaban J connectivity index is 1.10. The van der Waals surface area contributed by atoms with Crippen LogP contribution < -0.4 is 30.7 Å². The Hall–Kier alpha value is -4.10. The van der Waals surface area contributed by atoms with E-state index in [0.29, 0.717) is 44.1 Å². The molecule has 11 nitrogen and oxygen atoms in total. The van der Waals surface area contributed by atoms with Crippen molar-refractivity contribution >= 4 is 60.7 Å². The molecule has 6 aliphatic rings. The maximum atomic E-state index is 17.4. The summed E-state index contributed by atoms with van der Waals surface area (Å²) in [4.78, 5) is 27.0. The van der Waals surface area contributed by atoms with Crippen molar-refractivity contribution in [3.8, 4) is 29.0 Å². The van der Waals surface area contributed by atoms with Gasteiger partial charge >= 0.3 is 6.01 Å². The average molecular weight is 765 g/mol. The molecule has 4 saturated heterocycles. The average Bonchev–Trinajstić information content (AvgIpc) is 3.99. The summed E-state index contributed by atoms with van der Waals surface area (Å²) < 4.78 is 60.0. The van der Waals surface area contributed by atoms with Crippen LogP contribution in [0.4, 0.5) is 24.0 Å². The number of amides is 1. The molecule has 10 rings (SSSR count). The minimum absolute atomic E-state index is 0.0204. The van der Waals surface area contributed by atoms with Crippen molar-refractivity contribution in [2.24, 2.45) is 5.92 Å². The van der Waals surface area contributed by atoms with Crippen LogP contribution in [-0.2, 0) is 4.79 Å². The van der Waals surface area contributed by atoms with E-state index in [0.717, 1.165) is 43.6 Å². The first-order chi connectivity index (χ1) is 25.7. The Morgan fingerprint density at radius 1 is 1.23 bits per heavy atom. The summed E-state index contributed by atoms with van der Waals surface area (Å²) in [6.45, 7) is 1.93. The largest absolute Gasteiger partial charge is 0.491 e. The fourth-order valence-corrected chi connectivity index (χ4v) is 10.8. The smallest absolute Gasteiger partial charge is 0.319 e. The highest BCUT2D eigenvalue weighted by Gasteiger charge is 2.52. The molecule has 5 aliphatic heterocycles. The van der Waals surface area contributed by atoms with E-state index in [1.165, 1.54) is 12.1 Å². The van der Waals surface area contributed by atoms with Gasteiger partial charge < -0.3 is 25.4 Å². The van der Waals surface area contributed by atoms with Crippen molar-refractivity contribution < 1.29 is 27.4 Å². The third-order valence-corrected chi connectivity index (χ3v) is 13.6. The van der Waals surface area contributed by atoms with Gasteiger partial charge in [0.2, 0.25) is 5.91 Å². The molecular weight excluding hydrogens is 729 g/mol. The molecule has 1 aliphatic carbocycles. The number of anilines is 2. The van der Waals surface area contributed by atoms with Gasteiger partial charge in [-0.25, -0.2) is 13.2 Å². The molecule has 0 radical (unpaired) electrons. The van der Waals surface area contributed by atoms with Gasteiger partial charge in [-0.3, -0.25) is 15.0 Å². The fourth-order valence-electron chi connectivity index (χ4n) is 9.49. The van der Waals surface area contributed by atoms with Gasteiger partial charge in [0, 0.05) is 42.9 Å². The van der Waals surface area contributed by atoms with Crippen LogP contribution in [0.3, 0.4) is 0 Å². The molecule has 1 amide bonds. The number of nitrogens with one attached hydrogen (secondary N) is 2. The van der Waals surface area contributed by atoms with Crippen molar-refractivity contribution in [2.75, 3.05) is 43.5 Å². The minimum Gasteiger partial charge on any atom is -0.491 e. The van der Waals surface area contributed by atoms with Crippen LogP contribution >= 0.6 is 22.9 Å². The number of alkyl halides is 1. The fraction of sp³-hybridized carbons (Fsp3) is 0.514. The third kappa shape index (κ3) is 5.23. The number of nitrogen functional groups attached to an aromatic ring is 1. The molecule has 6 atom stereocenters. The first-order valence-electron chi connectivity index (χ1n) is 18.3. The predicted octanol–water partition coefficient (Wildman–Crippen LogP) is 5.45. The number of rotatable bonds is 7. The number of nitriles is 1. The number of halogens is 4. The Morgan fingerprint density at radius 3 is 2.89 bits per heavy atom. The Bertz CT molecular complexity index is 2270. The standard InChI is InChI=1S/C37H36ClF3N8O3S/c38-26-24(18-4-5-20(40)32-23(18)19(13-42)33(43)53-32)27(41)29-25-31(26)51-11-7-22-21(44-35(50)30-28(45-30)16-2-3-16)6-10-49(22)34(25)47-36(46-29)52-15-37-8-1-9-48(37)14-17(39)12-37/h4-5,16-17,21-22,28,30,45H,1-3,6-12,14-15,43H2,(H,44,50)/t17-,21?,22?,28?,30-,37+/m1/s1. The van der Waals surface area contributed by atoms with E-state index in [1.54, 1.807) is 0 Å². The lowest BCUT2D eigenvalue weighted by Gasteiger charge is -2.34. The van der Waals surface area contributed by atoms with E-state index in [-0.39, 0.29) is 103 Å². The molecule has 2 aromatic heterocycles. The molecule has 0 spiro atoms. The third-order valence-electron chi connectivity index (χ3n) is 12.2. The summed E-state index contributed by atoms with van der Waals surface area (Å²) in [6, 6.07) is 4.13. The Labute approximate surface area is 311 Å². The number of carbonyl (C=O) groups is 1. The molecule has 4 N–H and O–H groups in total. The molecule has 53 heavy (non-hydrogen) atoms. The summed E-state index contributed by atoms with van der Waals surface area (Å²) in [5, 5.41) is 17.0. The summed E-state index contributed by atoms with van der Waals surface area (Å²) >= 11 is 8.01. The molecule has 1 saturated carbocycles. The lowest BCUT2D eigenvalue weighted by Crippen LogP contribution is -2.48. The van der Waals surface area contributed by atoms with Crippen LogP contribution in [-0.4, -0.2) is 89.5 Å². The summed E-state index contributed by atoms with van der Waals surface area (Å²) in [5.41, 5.74) is 5.57. The highest BCUT2D eigenvalue weighted by molar-refractivity contribution is 7.23. The number of nitrogens with zero attached hydrogens (tertiary/aromatic N) is 5. The van der Waals surface area contributed by atoms with E-state index < -0.39 is 23.3 Å². The lowest BCUT2D eigenvalue weighted by molar-refractivity contribution is -0.121. The number of fused-ring (bicyclic) bond motifs is 4. The summed E-state index contributed by atoms with van der Waals surface area (Å²) in [5.74, 6) is -0.380. The number of thiophene rings is 1. The molecule has 7 heterocycles. The van der Waals surface area contributed by atoms with E-state index >= 15 is 8.78 Å². The van der Waals surface area contributed by atoms with Crippen LogP contribution in [0.5, 0.6) is 11.8 Å². The Morgan fingerprint density at radius 2 is 2.08 bits per heavy atom. The van der Waals surface area contributed by atoms with Crippen LogP contribution in [0.2, 0.25) is 5.02 Å². The second-order valence-electron chi connectivity index (χ2n) is 15.3. The van der Waals surface area contributed by atoms with Crippen molar-refractivity contribution in [2.45, 2.75) is 80.8 Å². The number of ether oxygens (including phenoxy) is 2. The number of hydrogen-bond acceptors (Lipinski definition) is 11. The number of aromatic nitrogens is 2. The lowest BCUT2D eigenvalue weighted by atomic mass is 9.95. The van der Waals surface area contributed by atoms with Gasteiger partial charge in [0.25, 0.3) is 0 Å². The van der Waals surface area contributed by atoms with E-state index in [4.69, 9.17) is 31.8 Å². The highest BCUT2D eigenvalue weighted by atomic mass is 35.5. The highest BCUT2D eigenvalue weighted by Crippen LogP contribution is 2.52. The van der Waals surface area contributed by atoms with Gasteiger partial charge in [-0.2, -0.15) is 15.2 Å². The second-order valence-corrected chi connectivity index (χ2v) is 16.7. The molecule has 0 bridgehead atoms. The zero-order valence-electron chi connectivity index (χ0n) is 28.6. The molecule has 16 heteroatoms. The SMILES string of the molecule is N#Cc1c(N)sc2c(F)ccc(-c3c(Cl)c4c5c(nc(OC[C@@]67CCCN6C[C@H](F)C7)nc5c3F)N3CCC(NC(=O)[C@@H]5NC5C5CC5)C3CCO4)c12. The molecule has 3 unspecified atom stereocenters. The van der Waals surface area contributed by atoms with Gasteiger partial charge in [0.05, 0.1) is 44.9 Å². The molecule has 5 fully saturated rings. The molecule has 276 valence electrons. The number of nitrogens with two attached hydrogens (primary N) is 1. The van der Waals surface area contributed by atoms with Gasteiger partial charge in [0.15, 0.2) is 11.6 Å². The number of benzene rings is 2. The Kier molecular flexibility index (Phi) is 7.71. The normalized spacial score (nSPS) is 29.0. The monoisotopic (exact) mass is 764 g/mol. The summed E-state index contributed by atoms with van der Waals surface area (Å²) in [6.07, 6.45) is 4.46. The maximum Gasteiger partial charge on any atom is 0.319 e. The van der Waals surface area contributed by atoms with Crippen LogP contribution in [0.25, 0.3) is 32.1 Å². The van der Waals surface area contributed by atoms with Gasteiger partial charge in [-0.15, -0.1) is 11.3 Å². The second kappa shape index (κ2) is 12.2. The van der Waals surface area contributed by atoms with Crippen LogP contribution in [0.1, 0.15) is 50.5 Å². The first kappa shape index (κ1) is 33.5. The number of hydrogen-bond donors (Lipinski definition) is 3. The topological polar surface area (TPSA) is 152 Å². The van der Waals surface area contributed by atoms with Crippen molar-refractivity contribution in [1.82, 2.24) is 25.5 Å². The van der Waals surface area contributed by atoms with Crippen LogP contribution in [0, 0.1) is 28.9 Å². The first-order valence-corrected chi connectivity index (χ1v) is 19.5. The zero-order chi connectivity index (χ0) is 36.3. The minimum atomic E-state index is -0.966. The molecule has 4 aromatic rings. The predicted molar refractivity (Wildman–Crippen MR) is 194 cm³/mol.